The third-order valence-corrected chi connectivity index (χ3v) is 5.40. The van der Waals surface area contributed by atoms with Crippen molar-refractivity contribution in [2.45, 2.75) is 59.1 Å². The molecule has 0 radical (unpaired) electrons. The Morgan fingerprint density at radius 2 is 1.79 bits per heavy atom. The van der Waals surface area contributed by atoms with Gasteiger partial charge in [0.2, 0.25) is 0 Å². The molecule has 1 saturated carbocycles. The Bertz CT molecular complexity index is 184. The fraction of sp³-hybridized carbons (Fsp3) is 1.00. The zero-order valence-electron chi connectivity index (χ0n) is 10.4. The minimum atomic E-state index is 0.405. The topological polar surface area (TPSA) is 0 Å². The third-order valence-electron chi connectivity index (χ3n) is 4.14. The van der Waals surface area contributed by atoms with E-state index in [0.29, 0.717) is 16.6 Å². The van der Waals surface area contributed by atoms with Crippen LogP contribution in [-0.4, -0.2) is 5.25 Å². The van der Waals surface area contributed by atoms with Crippen LogP contribution >= 0.6 is 12.6 Å². The van der Waals surface area contributed by atoms with Gasteiger partial charge in [0.25, 0.3) is 0 Å². The first-order valence-electron chi connectivity index (χ1n) is 6.03. The molecule has 1 rings (SSSR count). The largest absolute Gasteiger partial charge is 0.175 e. The van der Waals surface area contributed by atoms with Crippen LogP contribution in [-0.2, 0) is 0 Å². The van der Waals surface area contributed by atoms with Crippen molar-refractivity contribution in [1.29, 1.82) is 0 Å². The highest BCUT2D eigenvalue weighted by atomic mass is 32.1. The Hall–Kier alpha value is 0.350. The molecule has 14 heavy (non-hydrogen) atoms. The van der Waals surface area contributed by atoms with E-state index in [2.05, 4.69) is 34.6 Å². The van der Waals surface area contributed by atoms with Gasteiger partial charge in [0, 0.05) is 5.25 Å². The van der Waals surface area contributed by atoms with Gasteiger partial charge >= 0.3 is 0 Å². The molecule has 0 spiro atoms. The van der Waals surface area contributed by atoms with E-state index in [9.17, 15) is 0 Å². The van der Waals surface area contributed by atoms with Crippen molar-refractivity contribution in [2.75, 3.05) is 0 Å². The van der Waals surface area contributed by atoms with Crippen molar-refractivity contribution in [2.24, 2.45) is 23.2 Å². The molecule has 1 aliphatic rings. The summed E-state index contributed by atoms with van der Waals surface area (Å²) in [6.45, 7) is 11.8. The third kappa shape index (κ3) is 2.48. The van der Waals surface area contributed by atoms with Gasteiger partial charge < -0.3 is 0 Å². The fourth-order valence-electron chi connectivity index (χ4n) is 2.98. The van der Waals surface area contributed by atoms with E-state index in [-0.39, 0.29) is 0 Å². The SMILES string of the molecule is CC1CCC(C(C)(C)C(S)C(C)C)C1. The van der Waals surface area contributed by atoms with E-state index in [1.165, 1.54) is 19.3 Å². The molecule has 0 aromatic rings. The molecule has 3 unspecified atom stereocenters. The summed E-state index contributed by atoms with van der Waals surface area (Å²) in [7, 11) is 0. The van der Waals surface area contributed by atoms with Gasteiger partial charge in [0.05, 0.1) is 0 Å². The van der Waals surface area contributed by atoms with Crippen LogP contribution in [0.5, 0.6) is 0 Å². The first-order chi connectivity index (χ1) is 6.35. The standard InChI is InChI=1S/C13H26S/c1-9(2)12(14)13(4,5)11-7-6-10(3)8-11/h9-12,14H,6-8H2,1-5H3. The first-order valence-corrected chi connectivity index (χ1v) is 6.55. The van der Waals surface area contributed by atoms with Crippen molar-refractivity contribution in [1.82, 2.24) is 0 Å². The number of hydrogen-bond donors (Lipinski definition) is 1. The molecule has 0 amide bonds. The molecule has 84 valence electrons. The van der Waals surface area contributed by atoms with Crippen LogP contribution in [0.4, 0.5) is 0 Å². The van der Waals surface area contributed by atoms with Crippen LogP contribution in [0, 0.1) is 23.2 Å². The van der Waals surface area contributed by atoms with Crippen LogP contribution in [0.25, 0.3) is 0 Å². The highest BCUT2D eigenvalue weighted by Crippen LogP contribution is 2.47. The number of thiol groups is 1. The Morgan fingerprint density at radius 3 is 2.14 bits per heavy atom. The van der Waals surface area contributed by atoms with Gasteiger partial charge in [-0.25, -0.2) is 0 Å². The van der Waals surface area contributed by atoms with E-state index in [0.717, 1.165) is 11.8 Å². The van der Waals surface area contributed by atoms with Crippen LogP contribution in [0.15, 0.2) is 0 Å². The quantitative estimate of drug-likeness (QED) is 0.661. The molecule has 0 saturated heterocycles. The molecule has 0 aromatic heterocycles. The summed E-state index contributed by atoms with van der Waals surface area (Å²) < 4.78 is 0. The van der Waals surface area contributed by atoms with Gasteiger partial charge in [-0.2, -0.15) is 12.6 Å². The molecule has 1 heteroatoms. The van der Waals surface area contributed by atoms with Crippen molar-refractivity contribution < 1.29 is 0 Å². The summed E-state index contributed by atoms with van der Waals surface area (Å²) in [5, 5.41) is 0.540. The molecule has 0 N–H and O–H groups in total. The van der Waals surface area contributed by atoms with Crippen molar-refractivity contribution >= 4 is 12.6 Å². The minimum Gasteiger partial charge on any atom is -0.175 e. The maximum Gasteiger partial charge on any atom is 0.00936 e. The monoisotopic (exact) mass is 214 g/mol. The molecular weight excluding hydrogens is 188 g/mol. The van der Waals surface area contributed by atoms with Gasteiger partial charge in [-0.1, -0.05) is 41.0 Å². The fourth-order valence-corrected chi connectivity index (χ4v) is 3.19. The molecule has 0 nitrogen and oxygen atoms in total. The molecule has 1 aliphatic carbocycles. The van der Waals surface area contributed by atoms with E-state index < -0.39 is 0 Å². The smallest absolute Gasteiger partial charge is 0.00936 e. The summed E-state index contributed by atoms with van der Waals surface area (Å²) in [5.41, 5.74) is 0.405. The summed E-state index contributed by atoms with van der Waals surface area (Å²) in [5.74, 6) is 2.51. The van der Waals surface area contributed by atoms with E-state index in [4.69, 9.17) is 12.6 Å². The molecule has 0 aliphatic heterocycles. The summed E-state index contributed by atoms with van der Waals surface area (Å²) in [6.07, 6.45) is 4.25. The van der Waals surface area contributed by atoms with Gasteiger partial charge in [-0.15, -0.1) is 0 Å². The maximum absolute atomic E-state index is 4.81. The first kappa shape index (κ1) is 12.4. The molecule has 0 aromatic carbocycles. The van der Waals surface area contributed by atoms with Crippen LogP contribution in [0.2, 0.25) is 0 Å². The summed E-state index contributed by atoms with van der Waals surface area (Å²) in [4.78, 5) is 0. The van der Waals surface area contributed by atoms with Crippen LogP contribution in [0.3, 0.4) is 0 Å². The second-order valence-corrected chi connectivity index (χ2v) is 6.68. The van der Waals surface area contributed by atoms with Crippen molar-refractivity contribution in [3.8, 4) is 0 Å². The highest BCUT2D eigenvalue weighted by Gasteiger charge is 2.39. The Labute approximate surface area is 95.3 Å². The van der Waals surface area contributed by atoms with E-state index in [1.54, 1.807) is 0 Å². The zero-order valence-corrected chi connectivity index (χ0v) is 11.3. The Kier molecular flexibility index (Phi) is 3.96. The van der Waals surface area contributed by atoms with E-state index >= 15 is 0 Å². The average molecular weight is 214 g/mol. The average Bonchev–Trinajstić information content (AvgIpc) is 2.50. The molecule has 1 fully saturated rings. The number of hydrogen-bond acceptors (Lipinski definition) is 1. The van der Waals surface area contributed by atoms with Crippen molar-refractivity contribution in [3.63, 3.8) is 0 Å². The highest BCUT2D eigenvalue weighted by molar-refractivity contribution is 7.81. The summed E-state index contributed by atoms with van der Waals surface area (Å²) in [6, 6.07) is 0. The predicted octanol–water partition coefficient (Wildman–Crippen LogP) is 4.40. The van der Waals surface area contributed by atoms with Crippen molar-refractivity contribution in [3.05, 3.63) is 0 Å². The lowest BCUT2D eigenvalue weighted by Gasteiger charge is -2.39. The van der Waals surface area contributed by atoms with Gasteiger partial charge in [-0.05, 0) is 36.0 Å². The summed E-state index contributed by atoms with van der Waals surface area (Å²) >= 11 is 4.81. The lowest BCUT2D eigenvalue weighted by Crippen LogP contribution is -2.35. The number of rotatable bonds is 3. The molecular formula is C13H26S. The lowest BCUT2D eigenvalue weighted by molar-refractivity contribution is 0.182. The molecule has 0 heterocycles. The lowest BCUT2D eigenvalue weighted by atomic mass is 9.72. The second-order valence-electron chi connectivity index (χ2n) is 6.13. The van der Waals surface area contributed by atoms with Crippen LogP contribution in [0.1, 0.15) is 53.9 Å². The Morgan fingerprint density at radius 1 is 1.21 bits per heavy atom. The van der Waals surface area contributed by atoms with E-state index in [1.807, 2.05) is 0 Å². The Balaban J connectivity index is 2.64. The zero-order chi connectivity index (χ0) is 10.9. The van der Waals surface area contributed by atoms with Crippen LogP contribution < -0.4 is 0 Å². The van der Waals surface area contributed by atoms with Gasteiger partial charge in [-0.3, -0.25) is 0 Å². The minimum absolute atomic E-state index is 0.405. The molecule has 0 bridgehead atoms. The predicted molar refractivity (Wildman–Crippen MR) is 67.9 cm³/mol. The normalized spacial score (nSPS) is 31.1. The van der Waals surface area contributed by atoms with Gasteiger partial charge in [0.15, 0.2) is 0 Å². The van der Waals surface area contributed by atoms with Gasteiger partial charge in [0.1, 0.15) is 0 Å². The second kappa shape index (κ2) is 4.47. The molecule has 3 atom stereocenters. The maximum atomic E-state index is 4.81.